The minimum absolute atomic E-state index is 0.0677. The Morgan fingerprint density at radius 3 is 1.97 bits per heavy atom. The normalized spacial score (nSPS) is 10.3. The number of carboxylic acid groups (broad SMARTS) is 1. The van der Waals surface area contributed by atoms with Gasteiger partial charge in [-0.15, -0.1) is 0 Å². The Morgan fingerprint density at radius 2 is 1.44 bits per heavy atom. The molecule has 0 amide bonds. The van der Waals surface area contributed by atoms with Crippen molar-refractivity contribution < 1.29 is 29.3 Å². The summed E-state index contributed by atoms with van der Waals surface area (Å²) in [5.41, 5.74) is 1.09. The van der Waals surface area contributed by atoms with Gasteiger partial charge in [0.15, 0.2) is 0 Å². The van der Waals surface area contributed by atoms with Crippen LogP contribution >= 0.6 is 0 Å². The maximum Gasteiger partial charge on any atom is 0.338 e. The van der Waals surface area contributed by atoms with E-state index in [1.165, 1.54) is 0 Å². The molecule has 3 aromatic carbocycles. The molecule has 0 fully saturated rings. The van der Waals surface area contributed by atoms with Crippen molar-refractivity contribution in [1.29, 1.82) is 0 Å². The van der Waals surface area contributed by atoms with Gasteiger partial charge in [0.05, 0.1) is 11.8 Å². The molecule has 0 heterocycles. The molecule has 0 spiro atoms. The zero-order chi connectivity index (χ0) is 23.3. The van der Waals surface area contributed by atoms with E-state index in [0.717, 1.165) is 5.56 Å². The van der Waals surface area contributed by atoms with Crippen LogP contribution in [-0.4, -0.2) is 22.2 Å². The first-order valence-electron chi connectivity index (χ1n) is 9.70. The number of hydrogen-bond donors (Lipinski definition) is 2. The SMILES string of the molecule is C=C(C)C(=O)Oc1ccccc1.O=C(O)/C(=C/O)Cc1cccc(Oc2ccccc2)c1. The van der Waals surface area contributed by atoms with Gasteiger partial charge >= 0.3 is 11.9 Å². The predicted octanol–water partition coefficient (Wildman–Crippen LogP) is 5.72. The zero-order valence-electron chi connectivity index (χ0n) is 17.6. The van der Waals surface area contributed by atoms with Gasteiger partial charge in [-0.25, -0.2) is 9.59 Å². The minimum Gasteiger partial charge on any atom is -0.515 e. The number of aliphatic hydroxyl groups is 1. The van der Waals surface area contributed by atoms with Crippen molar-refractivity contribution >= 4 is 11.9 Å². The van der Waals surface area contributed by atoms with Gasteiger partial charge in [-0.1, -0.05) is 55.1 Å². The molecule has 6 nitrogen and oxygen atoms in total. The molecular weight excluding hydrogens is 408 g/mol. The summed E-state index contributed by atoms with van der Waals surface area (Å²) in [6, 6.07) is 25.3. The molecule has 0 radical (unpaired) electrons. The Kier molecular flexibility index (Phi) is 9.28. The molecule has 0 atom stereocenters. The predicted molar refractivity (Wildman–Crippen MR) is 122 cm³/mol. The van der Waals surface area contributed by atoms with Crippen LogP contribution in [0.15, 0.2) is 109 Å². The number of aliphatic hydroxyl groups excluding tert-OH is 1. The summed E-state index contributed by atoms with van der Waals surface area (Å²) in [6.45, 7) is 5.09. The average Bonchev–Trinajstić information content (AvgIpc) is 2.79. The summed E-state index contributed by atoms with van der Waals surface area (Å²) in [7, 11) is 0. The molecular formula is C26H24O6. The van der Waals surface area contributed by atoms with E-state index in [2.05, 4.69) is 6.58 Å². The first-order valence-corrected chi connectivity index (χ1v) is 9.70. The van der Waals surface area contributed by atoms with E-state index >= 15 is 0 Å². The monoisotopic (exact) mass is 432 g/mol. The number of aliphatic carboxylic acids is 1. The molecule has 0 aliphatic carbocycles. The van der Waals surface area contributed by atoms with Crippen molar-refractivity contribution in [1.82, 2.24) is 0 Å². The molecule has 0 unspecified atom stereocenters. The van der Waals surface area contributed by atoms with Gasteiger partial charge < -0.3 is 19.7 Å². The molecule has 0 aliphatic rings. The van der Waals surface area contributed by atoms with Gasteiger partial charge in [0.1, 0.15) is 17.2 Å². The molecule has 6 heteroatoms. The lowest BCUT2D eigenvalue weighted by Gasteiger charge is -2.07. The van der Waals surface area contributed by atoms with E-state index in [1.54, 1.807) is 55.5 Å². The Hall–Kier alpha value is -4.32. The van der Waals surface area contributed by atoms with Crippen LogP contribution in [-0.2, 0) is 16.0 Å². The fourth-order valence-corrected chi connectivity index (χ4v) is 2.42. The topological polar surface area (TPSA) is 93.1 Å². The lowest BCUT2D eigenvalue weighted by molar-refractivity contribution is -0.133. The second-order valence-electron chi connectivity index (χ2n) is 6.68. The van der Waals surface area contributed by atoms with Crippen LogP contribution in [0.5, 0.6) is 17.2 Å². The fourth-order valence-electron chi connectivity index (χ4n) is 2.42. The molecule has 3 rings (SSSR count). The highest BCUT2D eigenvalue weighted by Crippen LogP contribution is 2.22. The van der Waals surface area contributed by atoms with Crippen molar-refractivity contribution in [2.45, 2.75) is 13.3 Å². The molecule has 0 aliphatic heterocycles. The Bertz CT molecular complexity index is 1070. The van der Waals surface area contributed by atoms with Gasteiger partial charge in [0, 0.05) is 12.0 Å². The van der Waals surface area contributed by atoms with E-state index in [9.17, 15) is 9.59 Å². The number of rotatable bonds is 7. The van der Waals surface area contributed by atoms with E-state index in [1.807, 2.05) is 36.4 Å². The Morgan fingerprint density at radius 1 is 0.875 bits per heavy atom. The van der Waals surface area contributed by atoms with Crippen LogP contribution in [0.2, 0.25) is 0 Å². The second-order valence-corrected chi connectivity index (χ2v) is 6.68. The Balaban J connectivity index is 0.000000258. The van der Waals surface area contributed by atoms with Crippen molar-refractivity contribution in [2.24, 2.45) is 0 Å². The number of esters is 1. The van der Waals surface area contributed by atoms with Crippen molar-refractivity contribution in [3.05, 3.63) is 114 Å². The number of hydrogen-bond acceptors (Lipinski definition) is 5. The van der Waals surface area contributed by atoms with Crippen molar-refractivity contribution in [3.8, 4) is 17.2 Å². The summed E-state index contributed by atoms with van der Waals surface area (Å²) in [5.74, 6) is 0.353. The maximum atomic E-state index is 11.0. The highest BCUT2D eigenvalue weighted by Gasteiger charge is 2.09. The third-order valence-corrected chi connectivity index (χ3v) is 4.00. The molecule has 164 valence electrons. The summed E-state index contributed by atoms with van der Waals surface area (Å²) >= 11 is 0. The van der Waals surface area contributed by atoms with Gasteiger partial charge in [-0.3, -0.25) is 0 Å². The van der Waals surface area contributed by atoms with Gasteiger partial charge in [0.2, 0.25) is 0 Å². The summed E-state index contributed by atoms with van der Waals surface area (Å²) in [4.78, 5) is 21.8. The number of carbonyl (C=O) groups is 2. The maximum absolute atomic E-state index is 11.0. The molecule has 2 N–H and O–H groups in total. The average molecular weight is 432 g/mol. The zero-order valence-corrected chi connectivity index (χ0v) is 17.6. The smallest absolute Gasteiger partial charge is 0.338 e. The number of benzene rings is 3. The largest absolute Gasteiger partial charge is 0.515 e. The van der Waals surface area contributed by atoms with Crippen LogP contribution < -0.4 is 9.47 Å². The molecule has 3 aromatic rings. The Labute approximate surface area is 186 Å². The van der Waals surface area contributed by atoms with Crippen LogP contribution in [0.1, 0.15) is 12.5 Å². The summed E-state index contributed by atoms with van der Waals surface area (Å²) < 4.78 is 10.6. The van der Waals surface area contributed by atoms with E-state index in [4.69, 9.17) is 19.7 Å². The standard InChI is InChI=1S/C16H14O4.C10H10O2/c17-11-13(16(18)19)9-12-5-4-8-15(10-12)20-14-6-2-1-3-7-14;1-8(2)10(11)12-9-6-4-3-5-7-9/h1-8,10-11,17H,9H2,(H,18,19);3-7H,1H2,2H3/b13-11+;. The van der Waals surface area contributed by atoms with Crippen LogP contribution in [0.4, 0.5) is 0 Å². The first-order chi connectivity index (χ1) is 15.4. The molecule has 0 aromatic heterocycles. The van der Waals surface area contributed by atoms with Crippen molar-refractivity contribution in [3.63, 3.8) is 0 Å². The molecule has 0 saturated heterocycles. The number of para-hydroxylation sites is 2. The van der Waals surface area contributed by atoms with Gasteiger partial charge in [0.25, 0.3) is 0 Å². The highest BCUT2D eigenvalue weighted by molar-refractivity contribution is 5.88. The second kappa shape index (κ2) is 12.4. The minimum atomic E-state index is -1.14. The van der Waals surface area contributed by atoms with Crippen LogP contribution in [0, 0.1) is 0 Å². The summed E-state index contributed by atoms with van der Waals surface area (Å²) in [5, 5.41) is 17.8. The number of carbonyl (C=O) groups excluding carboxylic acids is 1. The third-order valence-electron chi connectivity index (χ3n) is 4.00. The molecule has 0 bridgehead atoms. The van der Waals surface area contributed by atoms with Crippen molar-refractivity contribution in [2.75, 3.05) is 0 Å². The van der Waals surface area contributed by atoms with Crippen LogP contribution in [0.25, 0.3) is 0 Å². The lowest BCUT2D eigenvalue weighted by atomic mass is 10.1. The molecule has 0 saturated carbocycles. The number of carboxylic acids is 1. The fraction of sp³-hybridized carbons (Fsp3) is 0.0769. The summed E-state index contributed by atoms with van der Waals surface area (Å²) in [6.07, 6.45) is 0.755. The van der Waals surface area contributed by atoms with E-state index in [-0.39, 0.29) is 18.0 Å². The van der Waals surface area contributed by atoms with Gasteiger partial charge in [-0.2, -0.15) is 0 Å². The molecule has 32 heavy (non-hydrogen) atoms. The first kappa shape index (κ1) is 24.0. The third kappa shape index (κ3) is 8.20. The van der Waals surface area contributed by atoms with Gasteiger partial charge in [-0.05, 0) is 48.9 Å². The van der Waals surface area contributed by atoms with E-state index in [0.29, 0.717) is 29.1 Å². The number of ether oxygens (including phenoxy) is 2. The van der Waals surface area contributed by atoms with E-state index < -0.39 is 5.97 Å². The highest BCUT2D eigenvalue weighted by atomic mass is 16.5. The quantitative estimate of drug-likeness (QED) is 0.215. The lowest BCUT2D eigenvalue weighted by Crippen LogP contribution is -2.07. The van der Waals surface area contributed by atoms with Crippen LogP contribution in [0.3, 0.4) is 0 Å².